The molecule has 0 aromatic rings. The standard InChI is InChI=1S/C27H42O4/c1-18(31-24(29)25(2,3)4)21-11-12-22-20-10-9-19-8-6-7-14-27(19,16-30-17-28)23(20)13-15-26(21,22)5/h12,17-21,23H,6-11,13-16H2,1-5H3/t18?,19?,20-,21+,23-,26+,27+/m0/s1. The maximum Gasteiger partial charge on any atom is 0.311 e. The van der Waals surface area contributed by atoms with Gasteiger partial charge in [-0.1, -0.05) is 31.4 Å². The van der Waals surface area contributed by atoms with Crippen LogP contribution in [-0.2, 0) is 19.1 Å². The summed E-state index contributed by atoms with van der Waals surface area (Å²) >= 11 is 0. The number of ether oxygens (including phenoxy) is 2. The van der Waals surface area contributed by atoms with E-state index in [1.165, 1.54) is 44.9 Å². The van der Waals surface area contributed by atoms with Crippen molar-refractivity contribution in [1.29, 1.82) is 0 Å². The Kier molecular flexibility index (Phi) is 6.07. The molecule has 0 amide bonds. The summed E-state index contributed by atoms with van der Waals surface area (Å²) in [5, 5.41) is 0. The second-order valence-electron chi connectivity index (χ2n) is 12.2. The molecule has 4 aliphatic carbocycles. The van der Waals surface area contributed by atoms with Crippen molar-refractivity contribution in [3.8, 4) is 0 Å². The van der Waals surface area contributed by atoms with Crippen LogP contribution < -0.4 is 0 Å². The Morgan fingerprint density at radius 1 is 1.19 bits per heavy atom. The first-order valence-electron chi connectivity index (χ1n) is 12.6. The van der Waals surface area contributed by atoms with Crippen LogP contribution in [0.5, 0.6) is 0 Å². The lowest BCUT2D eigenvalue weighted by Crippen LogP contribution is -2.54. The van der Waals surface area contributed by atoms with Crippen LogP contribution in [0, 0.1) is 39.9 Å². The van der Waals surface area contributed by atoms with Crippen molar-refractivity contribution in [3.05, 3.63) is 11.6 Å². The van der Waals surface area contributed by atoms with Gasteiger partial charge in [0.2, 0.25) is 0 Å². The first-order valence-corrected chi connectivity index (χ1v) is 12.6. The first-order chi connectivity index (χ1) is 14.6. The molecule has 4 nitrogen and oxygen atoms in total. The number of esters is 1. The van der Waals surface area contributed by atoms with Crippen LogP contribution in [0.15, 0.2) is 11.6 Å². The Morgan fingerprint density at radius 3 is 2.68 bits per heavy atom. The van der Waals surface area contributed by atoms with Crippen molar-refractivity contribution in [2.24, 2.45) is 39.9 Å². The van der Waals surface area contributed by atoms with E-state index in [1.54, 1.807) is 5.57 Å². The van der Waals surface area contributed by atoms with Gasteiger partial charge < -0.3 is 9.47 Å². The van der Waals surface area contributed by atoms with Gasteiger partial charge in [0.1, 0.15) is 6.10 Å². The van der Waals surface area contributed by atoms with E-state index in [1.807, 2.05) is 20.8 Å². The minimum absolute atomic E-state index is 0.0691. The zero-order valence-corrected chi connectivity index (χ0v) is 20.2. The fourth-order valence-corrected chi connectivity index (χ4v) is 8.04. The molecule has 3 saturated carbocycles. The van der Waals surface area contributed by atoms with Crippen molar-refractivity contribution in [2.45, 2.75) is 98.5 Å². The van der Waals surface area contributed by atoms with Crippen LogP contribution in [0.4, 0.5) is 0 Å². The number of rotatable bonds is 5. The molecule has 174 valence electrons. The van der Waals surface area contributed by atoms with E-state index >= 15 is 0 Å². The zero-order valence-electron chi connectivity index (χ0n) is 20.2. The summed E-state index contributed by atoms with van der Waals surface area (Å²) in [5.74, 6) is 2.19. The third-order valence-electron chi connectivity index (χ3n) is 9.64. The van der Waals surface area contributed by atoms with Gasteiger partial charge >= 0.3 is 5.97 Å². The van der Waals surface area contributed by atoms with Crippen molar-refractivity contribution >= 4 is 12.4 Å². The average Bonchev–Trinajstić information content (AvgIpc) is 3.08. The average molecular weight is 431 g/mol. The molecule has 0 N–H and O–H groups in total. The molecule has 0 aromatic carbocycles. The van der Waals surface area contributed by atoms with E-state index in [-0.39, 0.29) is 22.9 Å². The second kappa shape index (κ2) is 8.23. The molecule has 0 aliphatic heterocycles. The van der Waals surface area contributed by atoms with Crippen molar-refractivity contribution in [1.82, 2.24) is 0 Å². The number of allylic oxidation sites excluding steroid dienone is 2. The Morgan fingerprint density at radius 2 is 1.97 bits per heavy atom. The molecule has 0 bridgehead atoms. The Bertz CT molecular complexity index is 734. The highest BCUT2D eigenvalue weighted by atomic mass is 16.5. The van der Waals surface area contributed by atoms with Gasteiger partial charge in [-0.3, -0.25) is 9.59 Å². The Balaban J connectivity index is 1.55. The summed E-state index contributed by atoms with van der Waals surface area (Å²) in [6.07, 6.45) is 13.4. The van der Waals surface area contributed by atoms with E-state index in [4.69, 9.17) is 9.47 Å². The van der Waals surface area contributed by atoms with Crippen molar-refractivity contribution in [2.75, 3.05) is 6.61 Å². The van der Waals surface area contributed by atoms with Crippen molar-refractivity contribution in [3.63, 3.8) is 0 Å². The van der Waals surface area contributed by atoms with Gasteiger partial charge in [-0.05, 0) is 95.8 Å². The lowest BCUT2D eigenvalue weighted by molar-refractivity contribution is -0.164. The molecule has 3 fully saturated rings. The zero-order chi connectivity index (χ0) is 22.4. The summed E-state index contributed by atoms with van der Waals surface area (Å²) in [6, 6.07) is 0. The van der Waals surface area contributed by atoms with Gasteiger partial charge in [0.25, 0.3) is 6.47 Å². The molecule has 31 heavy (non-hydrogen) atoms. The summed E-state index contributed by atoms with van der Waals surface area (Å²) in [7, 11) is 0. The summed E-state index contributed by atoms with van der Waals surface area (Å²) < 4.78 is 11.5. The van der Waals surface area contributed by atoms with E-state index in [2.05, 4.69) is 19.9 Å². The summed E-state index contributed by atoms with van der Waals surface area (Å²) in [4.78, 5) is 23.7. The maximum absolute atomic E-state index is 12.5. The third kappa shape index (κ3) is 3.76. The Labute approximate surface area is 188 Å². The monoisotopic (exact) mass is 430 g/mol. The van der Waals surface area contributed by atoms with E-state index in [0.29, 0.717) is 36.8 Å². The minimum Gasteiger partial charge on any atom is -0.467 e. The fourth-order valence-electron chi connectivity index (χ4n) is 8.04. The summed E-state index contributed by atoms with van der Waals surface area (Å²) in [5.41, 5.74) is 1.45. The number of fused-ring (bicyclic) bond motifs is 5. The normalized spacial score (nSPS) is 40.6. The summed E-state index contributed by atoms with van der Waals surface area (Å²) in [6.45, 7) is 11.6. The van der Waals surface area contributed by atoms with Crippen LogP contribution in [0.3, 0.4) is 0 Å². The quantitative estimate of drug-likeness (QED) is 0.301. The van der Waals surface area contributed by atoms with Crippen LogP contribution in [0.1, 0.15) is 92.4 Å². The predicted molar refractivity (Wildman–Crippen MR) is 121 cm³/mol. The molecule has 0 heterocycles. The van der Waals surface area contributed by atoms with Gasteiger partial charge in [-0.25, -0.2) is 0 Å². The molecule has 4 heteroatoms. The minimum atomic E-state index is -0.466. The van der Waals surface area contributed by atoms with Gasteiger partial charge in [0, 0.05) is 11.3 Å². The SMILES string of the molecule is CC(OC(=O)C(C)(C)C)[C@H]1CC=C2[C@@H]3CCC4CCCC[C@]4(COC=O)[C@H]3CC[C@@]21C. The van der Waals surface area contributed by atoms with Crippen LogP contribution in [0.25, 0.3) is 0 Å². The highest BCUT2D eigenvalue weighted by Gasteiger charge is 2.59. The van der Waals surface area contributed by atoms with Gasteiger partial charge in [-0.15, -0.1) is 0 Å². The second-order valence-corrected chi connectivity index (χ2v) is 12.2. The number of carbonyl (C=O) groups is 2. The molecule has 0 aromatic heterocycles. The van der Waals surface area contributed by atoms with E-state index < -0.39 is 5.41 Å². The Hall–Kier alpha value is -1.32. The smallest absolute Gasteiger partial charge is 0.311 e. The first kappa shape index (κ1) is 22.9. The molecule has 0 saturated heterocycles. The third-order valence-corrected chi connectivity index (χ3v) is 9.64. The van der Waals surface area contributed by atoms with Gasteiger partial charge in [0.05, 0.1) is 12.0 Å². The fraction of sp³-hybridized carbons (Fsp3) is 0.852. The molecule has 0 spiro atoms. The highest BCUT2D eigenvalue weighted by molar-refractivity contribution is 5.75. The number of hydrogen-bond acceptors (Lipinski definition) is 4. The predicted octanol–water partition coefficient (Wildman–Crippen LogP) is 6.09. The molecule has 0 radical (unpaired) electrons. The number of carbonyl (C=O) groups excluding carboxylic acids is 2. The van der Waals surface area contributed by atoms with Gasteiger partial charge in [-0.2, -0.15) is 0 Å². The molecular weight excluding hydrogens is 388 g/mol. The van der Waals surface area contributed by atoms with E-state index in [0.717, 1.165) is 12.8 Å². The van der Waals surface area contributed by atoms with Gasteiger partial charge in [0.15, 0.2) is 0 Å². The molecule has 2 unspecified atom stereocenters. The molecule has 4 aliphatic rings. The molecule has 7 atom stereocenters. The lowest BCUT2D eigenvalue weighted by Gasteiger charge is -2.60. The highest BCUT2D eigenvalue weighted by Crippen LogP contribution is 2.66. The van der Waals surface area contributed by atoms with Crippen LogP contribution >= 0.6 is 0 Å². The molecule has 4 rings (SSSR count). The maximum atomic E-state index is 12.5. The van der Waals surface area contributed by atoms with E-state index in [9.17, 15) is 9.59 Å². The largest absolute Gasteiger partial charge is 0.467 e. The number of hydrogen-bond donors (Lipinski definition) is 0. The van der Waals surface area contributed by atoms with Crippen molar-refractivity contribution < 1.29 is 19.1 Å². The topological polar surface area (TPSA) is 52.6 Å². The van der Waals surface area contributed by atoms with Crippen LogP contribution in [-0.4, -0.2) is 25.2 Å². The molecular formula is C27H42O4. The van der Waals surface area contributed by atoms with Crippen LogP contribution in [0.2, 0.25) is 0 Å². The lowest BCUT2D eigenvalue weighted by atomic mass is 9.45.